The van der Waals surface area contributed by atoms with E-state index in [-0.39, 0.29) is 23.9 Å². The molecular formula is C17H29ClN2O. The Hall–Kier alpha value is -1.06. The second-order valence-corrected chi connectivity index (χ2v) is 6.25. The number of nitrogens with two attached hydrogens (primary N) is 1. The molecule has 0 bridgehead atoms. The standard InChI is InChI=1S/C17H28N2O.ClH/c1-12(2)17(5,11-18)19-16(20)9-8-15-7-6-13(3)10-14(15)4;/h6-7,10,12H,8-9,11,18H2,1-5H3,(H,19,20);1H. The molecule has 0 spiro atoms. The fourth-order valence-corrected chi connectivity index (χ4v) is 2.19. The third-order valence-corrected chi connectivity index (χ3v) is 4.24. The van der Waals surface area contributed by atoms with Crippen LogP contribution in [0.25, 0.3) is 0 Å². The lowest BCUT2D eigenvalue weighted by Crippen LogP contribution is -2.55. The predicted octanol–water partition coefficient (Wildman–Crippen LogP) is 3.15. The molecule has 4 heteroatoms. The molecule has 3 N–H and O–H groups in total. The summed E-state index contributed by atoms with van der Waals surface area (Å²) >= 11 is 0. The van der Waals surface area contributed by atoms with E-state index >= 15 is 0 Å². The minimum absolute atomic E-state index is 0. The zero-order valence-electron chi connectivity index (χ0n) is 13.8. The van der Waals surface area contributed by atoms with Crippen LogP contribution >= 0.6 is 12.4 Å². The van der Waals surface area contributed by atoms with E-state index in [0.29, 0.717) is 18.9 Å². The van der Waals surface area contributed by atoms with Crippen LogP contribution in [0.2, 0.25) is 0 Å². The number of aryl methyl sites for hydroxylation is 3. The Morgan fingerprint density at radius 3 is 2.43 bits per heavy atom. The van der Waals surface area contributed by atoms with Crippen molar-refractivity contribution in [3.63, 3.8) is 0 Å². The zero-order chi connectivity index (χ0) is 15.3. The van der Waals surface area contributed by atoms with Crippen LogP contribution in [0.1, 0.15) is 43.9 Å². The van der Waals surface area contributed by atoms with Crippen molar-refractivity contribution in [2.45, 2.75) is 53.0 Å². The maximum atomic E-state index is 12.1. The van der Waals surface area contributed by atoms with Crippen LogP contribution in [0, 0.1) is 19.8 Å². The summed E-state index contributed by atoms with van der Waals surface area (Å²) < 4.78 is 0. The van der Waals surface area contributed by atoms with Crippen LogP contribution in [0.3, 0.4) is 0 Å². The number of hydrogen-bond acceptors (Lipinski definition) is 2. The maximum Gasteiger partial charge on any atom is 0.220 e. The summed E-state index contributed by atoms with van der Waals surface area (Å²) in [6.07, 6.45) is 1.28. The van der Waals surface area contributed by atoms with Crippen LogP contribution < -0.4 is 11.1 Å². The van der Waals surface area contributed by atoms with Crippen molar-refractivity contribution in [2.24, 2.45) is 11.7 Å². The summed E-state index contributed by atoms with van der Waals surface area (Å²) in [5, 5.41) is 3.08. The molecule has 0 fully saturated rings. The minimum Gasteiger partial charge on any atom is -0.349 e. The SMILES string of the molecule is Cc1ccc(CCC(=O)NC(C)(CN)C(C)C)c(C)c1.Cl. The largest absolute Gasteiger partial charge is 0.349 e. The fourth-order valence-electron chi connectivity index (χ4n) is 2.19. The molecule has 1 aromatic carbocycles. The van der Waals surface area contributed by atoms with Crippen molar-refractivity contribution in [3.8, 4) is 0 Å². The normalized spacial score (nSPS) is 13.5. The van der Waals surface area contributed by atoms with Crippen LogP contribution in [0.4, 0.5) is 0 Å². The van der Waals surface area contributed by atoms with Crippen molar-refractivity contribution >= 4 is 18.3 Å². The summed E-state index contributed by atoms with van der Waals surface area (Å²) in [5.41, 5.74) is 9.22. The van der Waals surface area contributed by atoms with Crippen molar-refractivity contribution in [2.75, 3.05) is 6.54 Å². The number of amides is 1. The molecule has 0 radical (unpaired) electrons. The van der Waals surface area contributed by atoms with Gasteiger partial charge in [0.05, 0.1) is 5.54 Å². The first-order valence-corrected chi connectivity index (χ1v) is 7.35. The Labute approximate surface area is 135 Å². The molecule has 1 amide bonds. The van der Waals surface area contributed by atoms with Gasteiger partial charge in [-0.05, 0) is 44.2 Å². The van der Waals surface area contributed by atoms with Crippen LogP contribution in [-0.4, -0.2) is 18.0 Å². The summed E-state index contributed by atoms with van der Waals surface area (Å²) in [5.74, 6) is 0.393. The van der Waals surface area contributed by atoms with E-state index in [1.807, 2.05) is 6.92 Å². The predicted molar refractivity (Wildman–Crippen MR) is 91.9 cm³/mol. The third-order valence-electron chi connectivity index (χ3n) is 4.24. The van der Waals surface area contributed by atoms with Crippen molar-refractivity contribution in [3.05, 3.63) is 34.9 Å². The lowest BCUT2D eigenvalue weighted by atomic mass is 9.88. The van der Waals surface area contributed by atoms with Crippen LogP contribution in [0.5, 0.6) is 0 Å². The molecule has 1 aromatic rings. The molecule has 0 saturated carbocycles. The van der Waals surface area contributed by atoms with Gasteiger partial charge >= 0.3 is 0 Å². The van der Waals surface area contributed by atoms with Gasteiger partial charge in [-0.15, -0.1) is 12.4 Å². The van der Waals surface area contributed by atoms with Gasteiger partial charge in [0.2, 0.25) is 5.91 Å². The minimum atomic E-state index is -0.320. The lowest BCUT2D eigenvalue weighted by Gasteiger charge is -2.33. The number of nitrogens with one attached hydrogen (secondary N) is 1. The number of hydrogen-bond donors (Lipinski definition) is 2. The molecule has 0 aliphatic carbocycles. The molecule has 0 aliphatic heterocycles. The smallest absolute Gasteiger partial charge is 0.220 e. The average molecular weight is 313 g/mol. The Bertz CT molecular complexity index is 474. The van der Waals surface area contributed by atoms with Gasteiger partial charge in [0.25, 0.3) is 0 Å². The summed E-state index contributed by atoms with van der Waals surface area (Å²) in [6.45, 7) is 10.8. The van der Waals surface area contributed by atoms with Crippen molar-refractivity contribution in [1.29, 1.82) is 0 Å². The molecule has 1 rings (SSSR count). The highest BCUT2D eigenvalue weighted by molar-refractivity contribution is 5.85. The summed E-state index contributed by atoms with van der Waals surface area (Å²) in [4.78, 5) is 12.1. The first-order valence-electron chi connectivity index (χ1n) is 7.35. The maximum absolute atomic E-state index is 12.1. The van der Waals surface area contributed by atoms with Gasteiger partial charge in [-0.1, -0.05) is 37.6 Å². The van der Waals surface area contributed by atoms with E-state index in [1.165, 1.54) is 16.7 Å². The fraction of sp³-hybridized carbons (Fsp3) is 0.588. The second kappa shape index (κ2) is 8.40. The average Bonchev–Trinajstić information content (AvgIpc) is 2.37. The van der Waals surface area contributed by atoms with E-state index in [1.54, 1.807) is 0 Å². The van der Waals surface area contributed by atoms with Gasteiger partial charge in [-0.3, -0.25) is 4.79 Å². The van der Waals surface area contributed by atoms with Gasteiger partial charge in [-0.25, -0.2) is 0 Å². The van der Waals surface area contributed by atoms with Gasteiger partial charge in [0.1, 0.15) is 0 Å². The Kier molecular flexibility index (Phi) is 7.98. The molecule has 21 heavy (non-hydrogen) atoms. The Balaban J connectivity index is 0.00000400. The molecule has 120 valence electrons. The molecular weight excluding hydrogens is 284 g/mol. The summed E-state index contributed by atoms with van der Waals surface area (Å²) in [7, 11) is 0. The highest BCUT2D eigenvalue weighted by atomic mass is 35.5. The number of benzene rings is 1. The molecule has 1 atom stereocenters. The molecule has 0 aliphatic rings. The van der Waals surface area contributed by atoms with Gasteiger partial charge < -0.3 is 11.1 Å². The third kappa shape index (κ3) is 5.68. The van der Waals surface area contributed by atoms with E-state index < -0.39 is 0 Å². The van der Waals surface area contributed by atoms with Crippen molar-refractivity contribution < 1.29 is 4.79 Å². The highest BCUT2D eigenvalue weighted by Gasteiger charge is 2.28. The number of carbonyl (C=O) groups excluding carboxylic acids is 1. The molecule has 0 aromatic heterocycles. The number of rotatable bonds is 6. The topological polar surface area (TPSA) is 55.1 Å². The second-order valence-electron chi connectivity index (χ2n) is 6.25. The summed E-state index contributed by atoms with van der Waals surface area (Å²) in [6, 6.07) is 6.37. The Morgan fingerprint density at radius 2 is 1.95 bits per heavy atom. The quantitative estimate of drug-likeness (QED) is 0.848. The van der Waals surface area contributed by atoms with Gasteiger partial charge in [0.15, 0.2) is 0 Å². The number of halogens is 1. The highest BCUT2D eigenvalue weighted by Crippen LogP contribution is 2.16. The van der Waals surface area contributed by atoms with E-state index in [9.17, 15) is 4.79 Å². The van der Waals surface area contributed by atoms with Crippen LogP contribution in [-0.2, 0) is 11.2 Å². The zero-order valence-corrected chi connectivity index (χ0v) is 14.6. The first-order chi connectivity index (χ1) is 9.28. The monoisotopic (exact) mass is 312 g/mol. The van der Waals surface area contributed by atoms with E-state index in [4.69, 9.17) is 5.73 Å². The van der Waals surface area contributed by atoms with E-state index in [0.717, 1.165) is 6.42 Å². The van der Waals surface area contributed by atoms with Crippen molar-refractivity contribution in [1.82, 2.24) is 5.32 Å². The van der Waals surface area contributed by atoms with Gasteiger partial charge in [0, 0.05) is 13.0 Å². The molecule has 0 saturated heterocycles. The van der Waals surface area contributed by atoms with E-state index in [2.05, 4.69) is 51.2 Å². The molecule has 1 unspecified atom stereocenters. The van der Waals surface area contributed by atoms with Gasteiger partial charge in [-0.2, -0.15) is 0 Å². The lowest BCUT2D eigenvalue weighted by molar-refractivity contribution is -0.123. The molecule has 0 heterocycles. The number of carbonyl (C=O) groups is 1. The molecule has 3 nitrogen and oxygen atoms in total. The first kappa shape index (κ1) is 19.9. The Morgan fingerprint density at radius 1 is 1.33 bits per heavy atom. The van der Waals surface area contributed by atoms with Crippen LogP contribution in [0.15, 0.2) is 18.2 Å².